The smallest absolute Gasteiger partial charge is 0.0159 e. The summed E-state index contributed by atoms with van der Waals surface area (Å²) in [7, 11) is 0. The minimum absolute atomic E-state index is 0.0931. The van der Waals surface area contributed by atoms with Crippen LogP contribution >= 0.6 is 22.6 Å². The number of fused-ring (bicyclic) bond motifs is 4. The molecule has 98 valence electrons. The second kappa shape index (κ2) is 4.08. The van der Waals surface area contributed by atoms with Crippen LogP contribution in [-0.2, 0) is 5.41 Å². The molecule has 20 heavy (non-hydrogen) atoms. The molecule has 0 heterocycles. The van der Waals surface area contributed by atoms with Crippen molar-refractivity contribution < 1.29 is 0 Å². The summed E-state index contributed by atoms with van der Waals surface area (Å²) in [5.74, 6) is 0. The molecule has 0 radical (unpaired) electrons. The van der Waals surface area contributed by atoms with Crippen LogP contribution in [-0.4, -0.2) is 0 Å². The number of hydrogen-bond acceptors (Lipinski definition) is 0. The first-order chi connectivity index (χ1) is 9.57. The molecule has 4 rings (SSSR count). The Balaban J connectivity index is 2.12. The van der Waals surface area contributed by atoms with E-state index in [2.05, 4.69) is 91.0 Å². The van der Waals surface area contributed by atoms with Crippen LogP contribution in [0.5, 0.6) is 0 Å². The van der Waals surface area contributed by atoms with E-state index in [0.717, 1.165) is 0 Å². The molecule has 0 amide bonds. The van der Waals surface area contributed by atoms with Gasteiger partial charge in [0.2, 0.25) is 0 Å². The summed E-state index contributed by atoms with van der Waals surface area (Å²) in [5.41, 5.74) is 5.80. The van der Waals surface area contributed by atoms with Gasteiger partial charge in [0.1, 0.15) is 0 Å². The molecular weight excluding hydrogens is 355 g/mol. The van der Waals surface area contributed by atoms with Gasteiger partial charge in [0.05, 0.1) is 0 Å². The molecule has 0 fully saturated rings. The van der Waals surface area contributed by atoms with Gasteiger partial charge in [-0.25, -0.2) is 0 Å². The normalized spacial score (nSPS) is 15.2. The van der Waals surface area contributed by atoms with Crippen LogP contribution in [0.15, 0.2) is 54.6 Å². The minimum atomic E-state index is 0.0931. The minimum Gasteiger partial charge on any atom is -0.0616 e. The number of halogens is 1. The van der Waals surface area contributed by atoms with Gasteiger partial charge in [-0.1, -0.05) is 44.2 Å². The van der Waals surface area contributed by atoms with Gasteiger partial charge in [-0.05, 0) is 79.9 Å². The van der Waals surface area contributed by atoms with Crippen LogP contribution in [0.1, 0.15) is 25.0 Å². The molecule has 0 nitrogen and oxygen atoms in total. The predicted octanol–water partition coefficient (Wildman–Crippen LogP) is 5.75. The first-order valence-electron chi connectivity index (χ1n) is 6.91. The average Bonchev–Trinajstić information content (AvgIpc) is 2.65. The summed E-state index contributed by atoms with van der Waals surface area (Å²) in [6.07, 6.45) is 0. The Hall–Kier alpha value is -1.35. The highest BCUT2D eigenvalue weighted by atomic mass is 127. The highest BCUT2D eigenvalue weighted by Gasteiger charge is 2.35. The van der Waals surface area contributed by atoms with Crippen LogP contribution in [0.25, 0.3) is 21.9 Å². The molecule has 0 aliphatic heterocycles. The third-order valence-electron chi connectivity index (χ3n) is 4.50. The van der Waals surface area contributed by atoms with Gasteiger partial charge < -0.3 is 0 Å². The van der Waals surface area contributed by atoms with Crippen molar-refractivity contribution in [3.05, 3.63) is 69.3 Å². The monoisotopic (exact) mass is 370 g/mol. The standard InChI is InChI=1S/C19H15I/c1-19(2)17-10-13-6-4-3-5-12(13)9-16(17)15-8-7-14(20)11-18(15)19/h3-11H,1-2H3. The van der Waals surface area contributed by atoms with E-state index in [4.69, 9.17) is 0 Å². The summed E-state index contributed by atoms with van der Waals surface area (Å²) < 4.78 is 1.31. The lowest BCUT2D eigenvalue weighted by Gasteiger charge is -2.21. The van der Waals surface area contributed by atoms with Gasteiger partial charge in [-0.15, -0.1) is 0 Å². The topological polar surface area (TPSA) is 0 Å². The van der Waals surface area contributed by atoms with Crippen LogP contribution in [0, 0.1) is 3.57 Å². The van der Waals surface area contributed by atoms with Crippen molar-refractivity contribution in [3.63, 3.8) is 0 Å². The molecule has 0 N–H and O–H groups in total. The molecule has 1 aliphatic carbocycles. The lowest BCUT2D eigenvalue weighted by molar-refractivity contribution is 0.661. The van der Waals surface area contributed by atoms with Crippen molar-refractivity contribution >= 4 is 33.4 Å². The summed E-state index contributed by atoms with van der Waals surface area (Å²) >= 11 is 2.41. The zero-order valence-corrected chi connectivity index (χ0v) is 13.7. The van der Waals surface area contributed by atoms with E-state index in [1.165, 1.54) is 36.6 Å². The van der Waals surface area contributed by atoms with E-state index in [-0.39, 0.29) is 5.41 Å². The second-order valence-corrected chi connectivity index (χ2v) is 7.31. The largest absolute Gasteiger partial charge is 0.0616 e. The Morgan fingerprint density at radius 1 is 0.750 bits per heavy atom. The first-order valence-corrected chi connectivity index (χ1v) is 7.99. The number of hydrogen-bond donors (Lipinski definition) is 0. The van der Waals surface area contributed by atoms with E-state index >= 15 is 0 Å². The maximum absolute atomic E-state index is 2.41. The third-order valence-corrected chi connectivity index (χ3v) is 5.18. The van der Waals surface area contributed by atoms with Crippen molar-refractivity contribution in [2.24, 2.45) is 0 Å². The van der Waals surface area contributed by atoms with Crippen LogP contribution in [0.2, 0.25) is 0 Å². The van der Waals surface area contributed by atoms with Gasteiger partial charge >= 0.3 is 0 Å². The van der Waals surface area contributed by atoms with Crippen molar-refractivity contribution in [2.45, 2.75) is 19.3 Å². The van der Waals surface area contributed by atoms with E-state index < -0.39 is 0 Å². The lowest BCUT2D eigenvalue weighted by Crippen LogP contribution is -2.15. The predicted molar refractivity (Wildman–Crippen MR) is 94.2 cm³/mol. The van der Waals surface area contributed by atoms with Crippen molar-refractivity contribution in [1.29, 1.82) is 0 Å². The van der Waals surface area contributed by atoms with Gasteiger partial charge in [0.25, 0.3) is 0 Å². The fourth-order valence-corrected chi connectivity index (χ4v) is 3.88. The van der Waals surface area contributed by atoms with E-state index in [1.54, 1.807) is 0 Å². The summed E-state index contributed by atoms with van der Waals surface area (Å²) in [5, 5.41) is 2.66. The molecule has 1 aliphatic rings. The van der Waals surface area contributed by atoms with Crippen LogP contribution < -0.4 is 0 Å². The Kier molecular flexibility index (Phi) is 2.53. The highest BCUT2D eigenvalue weighted by molar-refractivity contribution is 14.1. The average molecular weight is 370 g/mol. The van der Waals surface area contributed by atoms with Gasteiger partial charge in [-0.3, -0.25) is 0 Å². The van der Waals surface area contributed by atoms with E-state index in [9.17, 15) is 0 Å². The highest BCUT2D eigenvalue weighted by Crippen LogP contribution is 2.50. The molecule has 3 aromatic rings. The molecule has 0 spiro atoms. The zero-order chi connectivity index (χ0) is 13.9. The van der Waals surface area contributed by atoms with E-state index in [1.807, 2.05) is 0 Å². The fourth-order valence-electron chi connectivity index (χ4n) is 3.39. The molecule has 0 unspecified atom stereocenters. The lowest BCUT2D eigenvalue weighted by atomic mass is 9.82. The summed E-state index contributed by atoms with van der Waals surface area (Å²) in [6.45, 7) is 4.67. The summed E-state index contributed by atoms with van der Waals surface area (Å²) in [6, 6.07) is 20.2. The van der Waals surface area contributed by atoms with Crippen molar-refractivity contribution in [2.75, 3.05) is 0 Å². The van der Waals surface area contributed by atoms with Gasteiger partial charge in [0.15, 0.2) is 0 Å². The van der Waals surface area contributed by atoms with Crippen molar-refractivity contribution in [3.8, 4) is 11.1 Å². The van der Waals surface area contributed by atoms with Gasteiger partial charge in [-0.2, -0.15) is 0 Å². The molecule has 3 aromatic carbocycles. The second-order valence-electron chi connectivity index (χ2n) is 6.06. The molecular formula is C19H15I. The Labute approximate surface area is 133 Å². The molecule has 0 saturated carbocycles. The first kappa shape index (κ1) is 12.4. The van der Waals surface area contributed by atoms with Crippen LogP contribution in [0.3, 0.4) is 0 Å². The maximum atomic E-state index is 2.41. The SMILES string of the molecule is CC1(C)c2cc(I)ccc2-c2cc3ccccc3cc21. The fraction of sp³-hybridized carbons (Fsp3) is 0.158. The van der Waals surface area contributed by atoms with Crippen LogP contribution in [0.4, 0.5) is 0 Å². The molecule has 1 heteroatoms. The molecule has 0 atom stereocenters. The van der Waals surface area contributed by atoms with E-state index in [0.29, 0.717) is 0 Å². The Bertz CT molecular complexity index is 844. The summed E-state index contributed by atoms with van der Waals surface area (Å²) in [4.78, 5) is 0. The third kappa shape index (κ3) is 1.59. The molecule has 0 aromatic heterocycles. The molecule has 0 bridgehead atoms. The molecule has 0 saturated heterocycles. The number of benzene rings is 3. The zero-order valence-electron chi connectivity index (χ0n) is 11.6. The van der Waals surface area contributed by atoms with Crippen molar-refractivity contribution in [1.82, 2.24) is 0 Å². The van der Waals surface area contributed by atoms with Gasteiger partial charge in [0, 0.05) is 8.99 Å². The quantitative estimate of drug-likeness (QED) is 0.442. The number of rotatable bonds is 0. The Morgan fingerprint density at radius 3 is 2.15 bits per heavy atom. The Morgan fingerprint density at radius 2 is 1.40 bits per heavy atom. The maximum Gasteiger partial charge on any atom is 0.0159 e.